The molecule has 0 spiro atoms. The molecule has 1 N–H and O–H groups in total. The number of hydrogen-bond donors (Lipinski definition) is 1. The Morgan fingerprint density at radius 1 is 0.971 bits per heavy atom. The molecule has 2 fully saturated rings. The fourth-order valence-corrected chi connectivity index (χ4v) is 6.17. The van der Waals surface area contributed by atoms with Crippen molar-refractivity contribution in [1.82, 2.24) is 24.9 Å². The quantitative estimate of drug-likeness (QED) is 0.529. The van der Waals surface area contributed by atoms with Gasteiger partial charge in [0.25, 0.3) is 0 Å². The Morgan fingerprint density at radius 3 is 2.43 bits per heavy atom. The van der Waals surface area contributed by atoms with Crippen molar-refractivity contribution >= 4 is 15.7 Å². The van der Waals surface area contributed by atoms with Crippen LogP contribution in [0.1, 0.15) is 56.6 Å². The maximum absolute atomic E-state index is 12.5. The molecule has 8 nitrogen and oxygen atoms in total. The standard InChI is InChI=1S/C26H34N6O2S/c1-27-35(33,34)24-13-12-21(18-20-8-4-2-5-9-20)25(19-24)26-28-30-32(29-26)23-14-16-31(17-15-23)22-10-6-3-7-11-22/h3,6-7,10-13,19-20,23,27H,2,4-5,8-9,14-18H2,1H3. The van der Waals surface area contributed by atoms with Gasteiger partial charge in [0.05, 0.1) is 10.9 Å². The van der Waals surface area contributed by atoms with Crippen molar-refractivity contribution in [3.63, 3.8) is 0 Å². The molecule has 186 valence electrons. The Balaban J connectivity index is 1.38. The Labute approximate surface area is 207 Å². The van der Waals surface area contributed by atoms with Crippen LogP contribution in [0.4, 0.5) is 5.69 Å². The van der Waals surface area contributed by atoms with E-state index in [1.54, 1.807) is 16.9 Å². The van der Waals surface area contributed by atoms with Crippen molar-refractivity contribution < 1.29 is 8.42 Å². The highest BCUT2D eigenvalue weighted by atomic mass is 32.2. The summed E-state index contributed by atoms with van der Waals surface area (Å²) in [5.41, 5.74) is 3.12. The molecule has 0 unspecified atom stereocenters. The summed E-state index contributed by atoms with van der Waals surface area (Å²) >= 11 is 0. The number of rotatable bonds is 7. The number of hydrogen-bond acceptors (Lipinski definition) is 6. The Hall–Kier alpha value is -2.78. The first-order valence-corrected chi connectivity index (χ1v) is 14.2. The molecule has 0 bridgehead atoms. The van der Waals surface area contributed by atoms with Crippen LogP contribution in [0.5, 0.6) is 0 Å². The van der Waals surface area contributed by atoms with E-state index in [4.69, 9.17) is 5.10 Å². The third-order valence-electron chi connectivity index (χ3n) is 7.48. The van der Waals surface area contributed by atoms with Crippen LogP contribution in [-0.2, 0) is 16.4 Å². The molecule has 9 heteroatoms. The lowest BCUT2D eigenvalue weighted by molar-refractivity contribution is 0.328. The average Bonchev–Trinajstić information content (AvgIpc) is 3.40. The number of aromatic nitrogens is 4. The summed E-state index contributed by atoms with van der Waals surface area (Å²) in [5.74, 6) is 1.13. The van der Waals surface area contributed by atoms with Gasteiger partial charge >= 0.3 is 0 Å². The van der Waals surface area contributed by atoms with Gasteiger partial charge in [-0.15, -0.1) is 10.2 Å². The normalized spacial score (nSPS) is 18.1. The zero-order valence-electron chi connectivity index (χ0n) is 20.3. The average molecular weight is 495 g/mol. The number of piperidine rings is 1. The molecule has 2 aliphatic rings. The smallest absolute Gasteiger partial charge is 0.240 e. The molecule has 0 radical (unpaired) electrons. The lowest BCUT2D eigenvalue weighted by atomic mass is 9.84. The van der Waals surface area contributed by atoms with Gasteiger partial charge < -0.3 is 4.90 Å². The van der Waals surface area contributed by atoms with Crippen LogP contribution in [-0.4, -0.2) is 48.8 Å². The molecule has 1 saturated carbocycles. The second kappa shape index (κ2) is 10.5. The number of para-hydroxylation sites is 1. The van der Waals surface area contributed by atoms with E-state index in [9.17, 15) is 8.42 Å². The Bertz CT molecular complexity index is 1230. The van der Waals surface area contributed by atoms with Crippen LogP contribution in [0, 0.1) is 5.92 Å². The minimum atomic E-state index is -3.56. The van der Waals surface area contributed by atoms with Gasteiger partial charge in [-0.1, -0.05) is 56.4 Å². The molecular formula is C26H34N6O2S. The maximum atomic E-state index is 12.5. The van der Waals surface area contributed by atoms with Crippen LogP contribution in [0.25, 0.3) is 11.4 Å². The summed E-state index contributed by atoms with van der Waals surface area (Å²) in [4.78, 5) is 4.36. The van der Waals surface area contributed by atoms with Crippen molar-refractivity contribution in [3.8, 4) is 11.4 Å². The van der Waals surface area contributed by atoms with Gasteiger partial charge in [-0.25, -0.2) is 13.1 Å². The van der Waals surface area contributed by atoms with E-state index in [1.807, 2.05) is 12.1 Å². The lowest BCUT2D eigenvalue weighted by Gasteiger charge is -2.32. The first-order valence-electron chi connectivity index (χ1n) is 12.7. The lowest BCUT2D eigenvalue weighted by Crippen LogP contribution is -2.35. The van der Waals surface area contributed by atoms with Gasteiger partial charge in [0.1, 0.15) is 0 Å². The molecular weight excluding hydrogens is 460 g/mol. The van der Waals surface area contributed by atoms with E-state index in [1.165, 1.54) is 44.8 Å². The summed E-state index contributed by atoms with van der Waals surface area (Å²) in [5, 5.41) is 13.6. The van der Waals surface area contributed by atoms with Crippen LogP contribution in [0.3, 0.4) is 0 Å². The number of nitrogens with zero attached hydrogens (tertiary/aromatic N) is 5. The van der Waals surface area contributed by atoms with E-state index in [2.05, 4.69) is 44.2 Å². The van der Waals surface area contributed by atoms with Crippen molar-refractivity contribution in [2.75, 3.05) is 25.0 Å². The van der Waals surface area contributed by atoms with Crippen molar-refractivity contribution in [2.45, 2.75) is 62.3 Å². The van der Waals surface area contributed by atoms with E-state index >= 15 is 0 Å². The highest BCUT2D eigenvalue weighted by Crippen LogP contribution is 2.32. The van der Waals surface area contributed by atoms with E-state index in [0.717, 1.165) is 43.5 Å². The van der Waals surface area contributed by atoms with Gasteiger partial charge in [-0.2, -0.15) is 4.80 Å². The minimum Gasteiger partial charge on any atom is -0.371 e. The first-order chi connectivity index (χ1) is 17.0. The highest BCUT2D eigenvalue weighted by molar-refractivity contribution is 7.89. The summed E-state index contributed by atoms with van der Waals surface area (Å²) < 4.78 is 27.4. The third kappa shape index (κ3) is 5.41. The number of nitrogens with one attached hydrogen (secondary N) is 1. The summed E-state index contributed by atoms with van der Waals surface area (Å²) in [7, 11) is -2.13. The number of tetrazole rings is 1. The van der Waals surface area contributed by atoms with E-state index in [0.29, 0.717) is 11.7 Å². The van der Waals surface area contributed by atoms with Crippen LogP contribution in [0.2, 0.25) is 0 Å². The largest absolute Gasteiger partial charge is 0.371 e. The van der Waals surface area contributed by atoms with Crippen molar-refractivity contribution in [1.29, 1.82) is 0 Å². The molecule has 1 aliphatic heterocycles. The molecule has 2 heterocycles. The molecule has 35 heavy (non-hydrogen) atoms. The molecule has 0 amide bonds. The second-order valence-electron chi connectivity index (χ2n) is 9.72. The van der Waals surface area contributed by atoms with Crippen LogP contribution in [0.15, 0.2) is 53.4 Å². The summed E-state index contributed by atoms with van der Waals surface area (Å²) in [6, 6.07) is 16.0. The number of benzene rings is 2. The molecule has 3 aromatic rings. The molecule has 0 atom stereocenters. The van der Waals surface area contributed by atoms with Gasteiger partial charge in [-0.3, -0.25) is 0 Å². The van der Waals surface area contributed by atoms with Crippen molar-refractivity contribution in [3.05, 3.63) is 54.1 Å². The number of sulfonamides is 1. The fourth-order valence-electron chi connectivity index (χ4n) is 5.41. The summed E-state index contributed by atoms with van der Waals surface area (Å²) in [6.45, 7) is 1.88. The third-order valence-corrected chi connectivity index (χ3v) is 8.89. The van der Waals surface area contributed by atoms with Gasteiger partial charge in [0.15, 0.2) is 0 Å². The van der Waals surface area contributed by atoms with Crippen LogP contribution < -0.4 is 9.62 Å². The van der Waals surface area contributed by atoms with Gasteiger partial charge in [0.2, 0.25) is 15.8 Å². The van der Waals surface area contributed by atoms with E-state index < -0.39 is 10.0 Å². The molecule has 5 rings (SSSR count). The van der Waals surface area contributed by atoms with E-state index in [-0.39, 0.29) is 10.9 Å². The Morgan fingerprint density at radius 2 is 1.71 bits per heavy atom. The molecule has 1 saturated heterocycles. The predicted molar refractivity (Wildman–Crippen MR) is 137 cm³/mol. The first kappa shape index (κ1) is 23.9. The van der Waals surface area contributed by atoms with Crippen molar-refractivity contribution in [2.24, 2.45) is 5.92 Å². The zero-order chi connectivity index (χ0) is 24.3. The topological polar surface area (TPSA) is 93.0 Å². The minimum absolute atomic E-state index is 0.183. The molecule has 1 aliphatic carbocycles. The summed E-state index contributed by atoms with van der Waals surface area (Å²) in [6.07, 6.45) is 9.07. The fraction of sp³-hybridized carbons (Fsp3) is 0.500. The van der Waals surface area contributed by atoms with Crippen LogP contribution >= 0.6 is 0 Å². The van der Waals surface area contributed by atoms with Gasteiger partial charge in [-0.05, 0) is 67.3 Å². The monoisotopic (exact) mass is 494 g/mol. The SMILES string of the molecule is CNS(=O)(=O)c1ccc(CC2CCCCC2)c(-c2nnn(C3CCN(c4ccccc4)CC3)n2)c1. The Kier molecular flexibility index (Phi) is 7.15. The molecule has 2 aromatic carbocycles. The van der Waals surface area contributed by atoms with Gasteiger partial charge in [0, 0.05) is 24.3 Å². The molecule has 1 aromatic heterocycles. The maximum Gasteiger partial charge on any atom is 0.240 e. The predicted octanol–water partition coefficient (Wildman–Crippen LogP) is 4.21. The zero-order valence-corrected chi connectivity index (χ0v) is 21.1. The second-order valence-corrected chi connectivity index (χ2v) is 11.6. The highest BCUT2D eigenvalue weighted by Gasteiger charge is 2.25. The number of anilines is 1.